The Hall–Kier alpha value is -2.41. The van der Waals surface area contributed by atoms with Crippen molar-refractivity contribution in [2.75, 3.05) is 13.1 Å². The van der Waals surface area contributed by atoms with E-state index in [1.807, 2.05) is 32.9 Å². The number of nitrogens with one attached hydrogen (secondary N) is 2. The zero-order valence-electron chi connectivity index (χ0n) is 18.8. The quantitative estimate of drug-likeness (QED) is 0.258. The lowest BCUT2D eigenvalue weighted by atomic mass is 9.98. The molecule has 0 spiro atoms. The van der Waals surface area contributed by atoms with Gasteiger partial charge in [-0.1, -0.05) is 31.0 Å². The second kappa shape index (κ2) is 13.0. The second-order valence-electron chi connectivity index (χ2n) is 8.38. The zero-order chi connectivity index (χ0) is 22.6. The molecule has 0 unspecified atom stereocenters. The van der Waals surface area contributed by atoms with Gasteiger partial charge >= 0.3 is 0 Å². The van der Waals surface area contributed by atoms with Crippen molar-refractivity contribution in [1.82, 2.24) is 15.7 Å². The molecule has 3 N–H and O–H groups in total. The fraction of sp³-hybridized carbons (Fsp3) is 0.609. The third-order valence-corrected chi connectivity index (χ3v) is 4.85. The van der Waals surface area contributed by atoms with E-state index in [4.69, 9.17) is 0 Å². The first kappa shape index (κ1) is 25.6. The summed E-state index contributed by atoms with van der Waals surface area (Å²) in [6.45, 7) is 8.70. The summed E-state index contributed by atoms with van der Waals surface area (Å²) in [7, 11) is 0. The highest BCUT2D eigenvalue weighted by Gasteiger charge is 2.20. The number of carbonyl (C=O) groups excluding carboxylic acids is 3. The van der Waals surface area contributed by atoms with Gasteiger partial charge in [-0.15, -0.1) is 0 Å². The van der Waals surface area contributed by atoms with E-state index in [1.54, 1.807) is 12.1 Å². The number of aryl methyl sites for hydroxylation is 1. The van der Waals surface area contributed by atoms with Gasteiger partial charge in [-0.05, 0) is 58.6 Å². The molecule has 1 aromatic carbocycles. The third-order valence-electron chi connectivity index (χ3n) is 4.85. The number of hydroxylamine groups is 2. The molecule has 0 atom stereocenters. The van der Waals surface area contributed by atoms with Crippen molar-refractivity contribution in [3.05, 3.63) is 35.4 Å². The number of hydrogen-bond donors (Lipinski definition) is 3. The number of nitrogens with zero attached hydrogens (tertiary/aromatic N) is 1. The SMILES string of the molecule is CCCC(C)(C)NC(=O)CCC(=O)N(O)CCCCCNC(=O)c1ccc(C)cc1. The van der Waals surface area contributed by atoms with Crippen LogP contribution in [0.2, 0.25) is 0 Å². The Morgan fingerprint density at radius 3 is 2.33 bits per heavy atom. The molecule has 168 valence electrons. The first-order valence-corrected chi connectivity index (χ1v) is 10.8. The van der Waals surface area contributed by atoms with Gasteiger partial charge in [0, 0.05) is 37.0 Å². The Morgan fingerprint density at radius 2 is 1.70 bits per heavy atom. The lowest BCUT2D eigenvalue weighted by molar-refractivity contribution is -0.166. The Morgan fingerprint density at radius 1 is 1.03 bits per heavy atom. The average Bonchev–Trinajstić information content (AvgIpc) is 2.68. The van der Waals surface area contributed by atoms with Crippen LogP contribution in [0, 0.1) is 6.92 Å². The van der Waals surface area contributed by atoms with Gasteiger partial charge in [0.25, 0.3) is 5.91 Å². The summed E-state index contributed by atoms with van der Waals surface area (Å²) in [4.78, 5) is 35.9. The van der Waals surface area contributed by atoms with E-state index >= 15 is 0 Å². The predicted molar refractivity (Wildman–Crippen MR) is 117 cm³/mol. The van der Waals surface area contributed by atoms with E-state index < -0.39 is 5.91 Å². The number of rotatable bonds is 13. The van der Waals surface area contributed by atoms with E-state index in [0.29, 0.717) is 23.6 Å². The maximum Gasteiger partial charge on any atom is 0.251 e. The Balaban J connectivity index is 2.15. The molecule has 7 heteroatoms. The van der Waals surface area contributed by atoms with Gasteiger partial charge in [0.05, 0.1) is 0 Å². The molecule has 0 radical (unpaired) electrons. The molecule has 0 aliphatic heterocycles. The minimum absolute atomic E-state index is 0.0167. The van der Waals surface area contributed by atoms with Crippen LogP contribution in [0.1, 0.15) is 81.6 Å². The summed E-state index contributed by atoms with van der Waals surface area (Å²) in [5.74, 6) is -0.736. The lowest BCUT2D eigenvalue weighted by Crippen LogP contribution is -2.43. The molecule has 3 amide bonds. The van der Waals surface area contributed by atoms with Crippen LogP contribution in [-0.2, 0) is 9.59 Å². The molecule has 0 aromatic heterocycles. The Bertz CT molecular complexity index is 686. The van der Waals surface area contributed by atoms with Gasteiger partial charge in [-0.3, -0.25) is 19.6 Å². The number of amides is 3. The maximum absolute atomic E-state index is 12.0. The highest BCUT2D eigenvalue weighted by atomic mass is 16.5. The molecule has 0 saturated heterocycles. The second-order valence-corrected chi connectivity index (χ2v) is 8.38. The number of benzene rings is 1. The fourth-order valence-electron chi connectivity index (χ4n) is 3.17. The van der Waals surface area contributed by atoms with Crippen molar-refractivity contribution in [2.45, 2.75) is 78.2 Å². The van der Waals surface area contributed by atoms with E-state index in [9.17, 15) is 19.6 Å². The minimum Gasteiger partial charge on any atom is -0.352 e. The summed E-state index contributed by atoms with van der Waals surface area (Å²) < 4.78 is 0. The van der Waals surface area contributed by atoms with Crippen LogP contribution < -0.4 is 10.6 Å². The largest absolute Gasteiger partial charge is 0.352 e. The third kappa shape index (κ3) is 10.4. The van der Waals surface area contributed by atoms with Crippen molar-refractivity contribution in [3.63, 3.8) is 0 Å². The monoisotopic (exact) mass is 419 g/mol. The first-order chi connectivity index (χ1) is 14.1. The van der Waals surface area contributed by atoms with Crippen LogP contribution in [0.25, 0.3) is 0 Å². The highest BCUT2D eigenvalue weighted by Crippen LogP contribution is 2.11. The summed E-state index contributed by atoms with van der Waals surface area (Å²) in [5, 5.41) is 16.3. The van der Waals surface area contributed by atoms with Gasteiger partial charge < -0.3 is 10.6 Å². The molecule has 0 heterocycles. The van der Waals surface area contributed by atoms with Crippen molar-refractivity contribution in [3.8, 4) is 0 Å². The number of hydrogen-bond acceptors (Lipinski definition) is 4. The Labute approximate surface area is 180 Å². The van der Waals surface area contributed by atoms with Crippen LogP contribution >= 0.6 is 0 Å². The molecule has 0 aliphatic carbocycles. The topological polar surface area (TPSA) is 98.7 Å². The van der Waals surface area contributed by atoms with E-state index in [1.165, 1.54) is 0 Å². The molecule has 7 nitrogen and oxygen atoms in total. The summed E-state index contributed by atoms with van der Waals surface area (Å²) in [5.41, 5.74) is 1.45. The van der Waals surface area contributed by atoms with Crippen LogP contribution in [-0.4, -0.2) is 46.6 Å². The smallest absolute Gasteiger partial charge is 0.251 e. The summed E-state index contributed by atoms with van der Waals surface area (Å²) in [6, 6.07) is 7.39. The molecular formula is C23H37N3O4. The van der Waals surface area contributed by atoms with E-state index in [0.717, 1.165) is 31.2 Å². The van der Waals surface area contributed by atoms with Gasteiger partial charge in [-0.25, -0.2) is 5.06 Å². The molecule has 0 bridgehead atoms. The number of unbranched alkanes of at least 4 members (excludes halogenated alkanes) is 2. The molecule has 0 aliphatic rings. The maximum atomic E-state index is 12.0. The van der Waals surface area contributed by atoms with Crippen LogP contribution in [0.5, 0.6) is 0 Å². The molecule has 0 saturated carbocycles. The standard InChI is InChI=1S/C23H37N3O4/c1-5-15-23(3,4)25-20(27)13-14-21(28)26(30)17-8-6-7-16-24-22(29)19-11-9-18(2)10-12-19/h9-12,30H,5-8,13-17H2,1-4H3,(H,24,29)(H,25,27). The zero-order valence-corrected chi connectivity index (χ0v) is 18.8. The lowest BCUT2D eigenvalue weighted by Gasteiger charge is -2.25. The van der Waals surface area contributed by atoms with Crippen LogP contribution in [0.3, 0.4) is 0 Å². The van der Waals surface area contributed by atoms with Gasteiger partial charge in [0.15, 0.2) is 0 Å². The summed E-state index contributed by atoms with van der Waals surface area (Å²) in [6.07, 6.45) is 4.03. The average molecular weight is 420 g/mol. The van der Waals surface area contributed by atoms with Gasteiger partial charge in [0.1, 0.15) is 0 Å². The normalized spacial score (nSPS) is 11.1. The van der Waals surface area contributed by atoms with Crippen LogP contribution in [0.4, 0.5) is 0 Å². The molecule has 1 aromatic rings. The molecular weight excluding hydrogens is 382 g/mol. The van der Waals surface area contributed by atoms with Crippen molar-refractivity contribution in [1.29, 1.82) is 0 Å². The molecule has 1 rings (SSSR count). The van der Waals surface area contributed by atoms with Gasteiger partial charge in [0.2, 0.25) is 11.8 Å². The van der Waals surface area contributed by atoms with Crippen LogP contribution in [0.15, 0.2) is 24.3 Å². The number of carbonyl (C=O) groups is 3. The van der Waals surface area contributed by atoms with Gasteiger partial charge in [-0.2, -0.15) is 0 Å². The Kier molecular flexibility index (Phi) is 11.1. The van der Waals surface area contributed by atoms with E-state index in [-0.39, 0.29) is 36.7 Å². The first-order valence-electron chi connectivity index (χ1n) is 10.8. The van der Waals surface area contributed by atoms with Crippen molar-refractivity contribution in [2.24, 2.45) is 0 Å². The minimum atomic E-state index is -0.453. The van der Waals surface area contributed by atoms with E-state index in [2.05, 4.69) is 17.6 Å². The van der Waals surface area contributed by atoms with Crippen molar-refractivity contribution < 1.29 is 19.6 Å². The predicted octanol–water partition coefficient (Wildman–Crippen LogP) is 3.59. The van der Waals surface area contributed by atoms with Crippen molar-refractivity contribution >= 4 is 17.7 Å². The molecule has 30 heavy (non-hydrogen) atoms. The highest BCUT2D eigenvalue weighted by molar-refractivity contribution is 5.94. The summed E-state index contributed by atoms with van der Waals surface area (Å²) >= 11 is 0. The molecule has 0 fully saturated rings. The fourth-order valence-corrected chi connectivity index (χ4v) is 3.17.